The molecule has 2 aliphatic heterocycles. The Morgan fingerprint density at radius 1 is 1.21 bits per heavy atom. The van der Waals surface area contributed by atoms with Crippen LogP contribution in [0.5, 0.6) is 0 Å². The van der Waals surface area contributed by atoms with Crippen LogP contribution in [-0.2, 0) is 4.79 Å². The van der Waals surface area contributed by atoms with E-state index in [2.05, 4.69) is 17.3 Å². The summed E-state index contributed by atoms with van der Waals surface area (Å²) in [4.78, 5) is 26.8. The molecule has 2 amide bonds. The molecule has 108 valence electrons. The zero-order valence-electron chi connectivity index (χ0n) is 11.5. The van der Waals surface area contributed by atoms with Crippen molar-refractivity contribution in [1.29, 1.82) is 0 Å². The summed E-state index contributed by atoms with van der Waals surface area (Å²) in [6, 6.07) is -0.860. The van der Waals surface area contributed by atoms with Gasteiger partial charge in [-0.05, 0) is 51.7 Å². The Labute approximate surface area is 113 Å². The number of hydrogen-bond acceptors (Lipinski definition) is 3. The van der Waals surface area contributed by atoms with Gasteiger partial charge in [0.25, 0.3) is 0 Å². The summed E-state index contributed by atoms with van der Waals surface area (Å²) in [6.45, 7) is 3.36. The molecule has 0 aromatic rings. The molecule has 0 saturated carbocycles. The van der Waals surface area contributed by atoms with Crippen LogP contribution in [0.3, 0.4) is 0 Å². The second-order valence-corrected chi connectivity index (χ2v) is 5.62. The lowest BCUT2D eigenvalue weighted by Crippen LogP contribution is -2.47. The van der Waals surface area contributed by atoms with Gasteiger partial charge in [-0.2, -0.15) is 0 Å². The molecule has 6 nitrogen and oxygen atoms in total. The van der Waals surface area contributed by atoms with Gasteiger partial charge in [0.1, 0.15) is 6.04 Å². The highest BCUT2D eigenvalue weighted by Crippen LogP contribution is 2.18. The topological polar surface area (TPSA) is 72.9 Å². The van der Waals surface area contributed by atoms with Crippen molar-refractivity contribution in [2.24, 2.45) is 5.92 Å². The minimum absolute atomic E-state index is 0.219. The van der Waals surface area contributed by atoms with Gasteiger partial charge in [-0.15, -0.1) is 0 Å². The minimum Gasteiger partial charge on any atom is -0.480 e. The number of urea groups is 1. The average molecular weight is 269 g/mol. The largest absolute Gasteiger partial charge is 0.480 e. The maximum absolute atomic E-state index is 12.0. The van der Waals surface area contributed by atoms with E-state index in [-0.39, 0.29) is 6.03 Å². The molecule has 0 aromatic heterocycles. The fourth-order valence-electron chi connectivity index (χ4n) is 2.87. The quantitative estimate of drug-likeness (QED) is 0.786. The maximum atomic E-state index is 12.0. The molecular formula is C13H23N3O3. The van der Waals surface area contributed by atoms with Gasteiger partial charge in [0, 0.05) is 13.1 Å². The summed E-state index contributed by atoms with van der Waals surface area (Å²) in [5, 5.41) is 12.0. The molecule has 2 fully saturated rings. The van der Waals surface area contributed by atoms with Gasteiger partial charge in [-0.3, -0.25) is 0 Å². The number of carboxylic acids is 1. The van der Waals surface area contributed by atoms with Crippen LogP contribution in [0.4, 0.5) is 4.79 Å². The Morgan fingerprint density at radius 2 is 1.89 bits per heavy atom. The Hall–Kier alpha value is -1.30. The Morgan fingerprint density at radius 3 is 2.53 bits per heavy atom. The van der Waals surface area contributed by atoms with E-state index in [1.165, 1.54) is 4.90 Å². The van der Waals surface area contributed by atoms with Crippen LogP contribution in [0.15, 0.2) is 0 Å². The third-order valence-electron chi connectivity index (χ3n) is 4.18. The summed E-state index contributed by atoms with van der Waals surface area (Å²) < 4.78 is 0. The van der Waals surface area contributed by atoms with Gasteiger partial charge in [-0.1, -0.05) is 0 Å². The molecule has 2 saturated heterocycles. The number of carbonyl (C=O) groups is 2. The lowest BCUT2D eigenvalue weighted by atomic mass is 9.97. The van der Waals surface area contributed by atoms with E-state index >= 15 is 0 Å². The van der Waals surface area contributed by atoms with Gasteiger partial charge in [0.15, 0.2) is 0 Å². The molecule has 0 radical (unpaired) electrons. The Balaban J connectivity index is 1.76. The van der Waals surface area contributed by atoms with Crippen LogP contribution in [0.2, 0.25) is 0 Å². The highest BCUT2D eigenvalue weighted by Gasteiger charge is 2.34. The van der Waals surface area contributed by atoms with Crippen LogP contribution in [0, 0.1) is 5.92 Å². The number of nitrogens with one attached hydrogen (secondary N) is 1. The number of likely N-dealkylation sites (tertiary alicyclic amines) is 2. The molecule has 0 bridgehead atoms. The van der Waals surface area contributed by atoms with Crippen molar-refractivity contribution < 1.29 is 14.7 Å². The van der Waals surface area contributed by atoms with Crippen molar-refractivity contribution in [2.45, 2.75) is 31.7 Å². The lowest BCUT2D eigenvalue weighted by Gasteiger charge is -2.30. The number of piperidine rings is 1. The molecule has 6 heteroatoms. The summed E-state index contributed by atoms with van der Waals surface area (Å²) in [6.07, 6.45) is 3.54. The van der Waals surface area contributed by atoms with Crippen molar-refractivity contribution in [2.75, 3.05) is 33.2 Å². The zero-order chi connectivity index (χ0) is 13.8. The molecule has 0 unspecified atom stereocenters. The average Bonchev–Trinajstić information content (AvgIpc) is 2.87. The summed E-state index contributed by atoms with van der Waals surface area (Å²) in [7, 11) is 2.11. The molecule has 2 N–H and O–H groups in total. The normalized spacial score (nSPS) is 25.5. The molecule has 2 rings (SSSR count). The smallest absolute Gasteiger partial charge is 0.326 e. The predicted octanol–water partition coefficient (Wildman–Crippen LogP) is 0.587. The van der Waals surface area contributed by atoms with E-state index in [1.807, 2.05) is 0 Å². The summed E-state index contributed by atoms with van der Waals surface area (Å²) in [5.41, 5.74) is 0. The van der Waals surface area contributed by atoms with E-state index in [0.29, 0.717) is 25.4 Å². The number of carboxylic acid groups (broad SMARTS) is 1. The SMILES string of the molecule is CN1CCC(CNC(=O)N2CCC[C@H]2C(=O)O)CC1. The molecule has 2 heterocycles. The van der Waals surface area contributed by atoms with Gasteiger partial charge in [0.2, 0.25) is 0 Å². The third-order valence-corrected chi connectivity index (χ3v) is 4.18. The highest BCUT2D eigenvalue weighted by atomic mass is 16.4. The third kappa shape index (κ3) is 3.59. The van der Waals surface area contributed by atoms with Crippen molar-refractivity contribution in [3.63, 3.8) is 0 Å². The first-order chi connectivity index (χ1) is 9.08. The molecule has 0 spiro atoms. The first-order valence-electron chi connectivity index (χ1n) is 7.03. The number of carbonyl (C=O) groups excluding carboxylic acids is 1. The molecule has 19 heavy (non-hydrogen) atoms. The van der Waals surface area contributed by atoms with Gasteiger partial charge in [-0.25, -0.2) is 9.59 Å². The number of hydrogen-bond donors (Lipinski definition) is 2. The lowest BCUT2D eigenvalue weighted by molar-refractivity contribution is -0.141. The monoisotopic (exact) mass is 269 g/mol. The second-order valence-electron chi connectivity index (χ2n) is 5.62. The Kier molecular flexibility index (Phi) is 4.63. The number of nitrogens with zero attached hydrogens (tertiary/aromatic N) is 2. The van der Waals surface area contributed by atoms with E-state index < -0.39 is 12.0 Å². The first kappa shape index (κ1) is 14.1. The van der Waals surface area contributed by atoms with E-state index in [1.54, 1.807) is 0 Å². The van der Waals surface area contributed by atoms with Crippen molar-refractivity contribution in [3.8, 4) is 0 Å². The zero-order valence-corrected chi connectivity index (χ0v) is 11.5. The number of rotatable bonds is 3. The standard InChI is InChI=1S/C13H23N3O3/c1-15-7-4-10(5-8-15)9-14-13(19)16-6-2-3-11(16)12(17)18/h10-11H,2-9H2,1H3,(H,14,19)(H,17,18)/t11-/m0/s1. The maximum Gasteiger partial charge on any atom is 0.326 e. The molecule has 2 aliphatic rings. The van der Waals surface area contributed by atoms with Crippen molar-refractivity contribution >= 4 is 12.0 Å². The summed E-state index contributed by atoms with van der Waals surface area (Å²) in [5.74, 6) is -0.377. The summed E-state index contributed by atoms with van der Waals surface area (Å²) >= 11 is 0. The molecule has 0 aliphatic carbocycles. The van der Waals surface area contributed by atoms with Crippen LogP contribution >= 0.6 is 0 Å². The second kappa shape index (κ2) is 6.23. The van der Waals surface area contributed by atoms with Crippen LogP contribution in [0.1, 0.15) is 25.7 Å². The van der Waals surface area contributed by atoms with Crippen LogP contribution < -0.4 is 5.32 Å². The van der Waals surface area contributed by atoms with Gasteiger partial charge < -0.3 is 20.2 Å². The van der Waals surface area contributed by atoms with Crippen LogP contribution in [0.25, 0.3) is 0 Å². The fourth-order valence-corrected chi connectivity index (χ4v) is 2.87. The van der Waals surface area contributed by atoms with Gasteiger partial charge >= 0.3 is 12.0 Å². The molecule has 1 atom stereocenters. The number of aliphatic carboxylic acids is 1. The van der Waals surface area contributed by atoms with Crippen molar-refractivity contribution in [1.82, 2.24) is 15.1 Å². The Bertz CT molecular complexity index is 340. The predicted molar refractivity (Wildman–Crippen MR) is 71.0 cm³/mol. The highest BCUT2D eigenvalue weighted by molar-refractivity contribution is 5.83. The van der Waals surface area contributed by atoms with E-state index in [4.69, 9.17) is 5.11 Å². The molecule has 0 aromatic carbocycles. The first-order valence-corrected chi connectivity index (χ1v) is 7.03. The molecular weight excluding hydrogens is 246 g/mol. The fraction of sp³-hybridized carbons (Fsp3) is 0.846. The van der Waals surface area contributed by atoms with Gasteiger partial charge in [0.05, 0.1) is 0 Å². The van der Waals surface area contributed by atoms with E-state index in [0.717, 1.165) is 32.4 Å². The van der Waals surface area contributed by atoms with E-state index in [9.17, 15) is 9.59 Å². The number of amides is 2. The minimum atomic E-state index is -0.896. The van der Waals surface area contributed by atoms with Crippen LogP contribution in [-0.4, -0.2) is 66.2 Å². The van der Waals surface area contributed by atoms with Crippen molar-refractivity contribution in [3.05, 3.63) is 0 Å².